The lowest BCUT2D eigenvalue weighted by atomic mass is 9.86. The van der Waals surface area contributed by atoms with Crippen molar-refractivity contribution in [3.63, 3.8) is 0 Å². The van der Waals surface area contributed by atoms with Crippen molar-refractivity contribution in [3.05, 3.63) is 72.4 Å². The first-order valence-corrected chi connectivity index (χ1v) is 12.6. The van der Waals surface area contributed by atoms with Crippen molar-refractivity contribution in [2.45, 2.75) is 26.2 Å². The van der Waals surface area contributed by atoms with E-state index in [2.05, 4.69) is 9.97 Å². The number of hydrogen-bond acceptors (Lipinski definition) is 8. The molecule has 0 saturated carbocycles. The van der Waals surface area contributed by atoms with Gasteiger partial charge in [-0.25, -0.2) is 19.6 Å². The topological polar surface area (TPSA) is 105 Å². The van der Waals surface area contributed by atoms with E-state index in [1.54, 1.807) is 53.6 Å². The molecule has 0 bridgehead atoms. The summed E-state index contributed by atoms with van der Waals surface area (Å²) >= 11 is 0. The smallest absolute Gasteiger partial charge is 0.343 e. The molecule has 1 fully saturated rings. The normalized spacial score (nSPS) is 13.8. The van der Waals surface area contributed by atoms with Crippen molar-refractivity contribution in [1.29, 1.82) is 0 Å². The quantitative estimate of drug-likeness (QED) is 0.240. The van der Waals surface area contributed by atoms with Gasteiger partial charge in [0.1, 0.15) is 11.5 Å². The van der Waals surface area contributed by atoms with Crippen molar-refractivity contribution >= 4 is 45.9 Å². The fraction of sp³-hybridized carbons (Fsp3) is 0.233. The van der Waals surface area contributed by atoms with Crippen molar-refractivity contribution in [2.24, 2.45) is 0 Å². The van der Waals surface area contributed by atoms with Crippen LogP contribution in [0, 0.1) is 0 Å². The lowest BCUT2D eigenvalue weighted by Crippen LogP contribution is -2.34. The number of nitrogens with zero attached hydrogens (tertiary/aromatic N) is 5. The fourth-order valence-electron chi connectivity index (χ4n) is 4.48. The van der Waals surface area contributed by atoms with Crippen LogP contribution in [0.1, 0.15) is 26.3 Å². The van der Waals surface area contributed by atoms with Crippen LogP contribution >= 0.6 is 0 Å². The average Bonchev–Trinajstić information content (AvgIpc) is 3.15. The number of carbonyl (C=O) groups is 3. The molecule has 0 spiro atoms. The molecular formula is C30H29N5O5. The Hall–Kier alpha value is -4.99. The number of fused-ring (bicyclic) bond motifs is 1. The molecule has 4 amide bonds. The maximum atomic E-state index is 13.8. The van der Waals surface area contributed by atoms with Crippen LogP contribution in [0.4, 0.5) is 22.1 Å². The molecule has 2 heterocycles. The van der Waals surface area contributed by atoms with Gasteiger partial charge in [-0.05, 0) is 35.2 Å². The standard InChI is InChI=1S/C30H29N5O5/c1-30(2,3)18-11-13-24(39-6)22(17-18)35-27(37)26(36)34(29(35)38)21-12-14-23(20-10-8-7-9-19(20)21)40-25-15-16-31-28(32-25)33(4)5/h7-17H,1-6H3. The molecule has 0 radical (unpaired) electrons. The second-order valence-electron chi connectivity index (χ2n) is 10.5. The molecule has 4 aromatic rings. The molecule has 204 valence electrons. The monoisotopic (exact) mass is 539 g/mol. The second-order valence-corrected chi connectivity index (χ2v) is 10.5. The lowest BCUT2D eigenvalue weighted by Gasteiger charge is -2.24. The first kappa shape index (κ1) is 26.6. The Morgan fingerprint density at radius 2 is 1.45 bits per heavy atom. The van der Waals surface area contributed by atoms with E-state index in [0.717, 1.165) is 15.4 Å². The van der Waals surface area contributed by atoms with Gasteiger partial charge in [0.15, 0.2) is 0 Å². The SMILES string of the molecule is COc1ccc(C(C)(C)C)cc1N1C(=O)C(=O)N(c2ccc(Oc3ccnc(N(C)C)n3)c3ccccc23)C1=O. The predicted molar refractivity (Wildman–Crippen MR) is 152 cm³/mol. The van der Waals surface area contributed by atoms with Crippen LogP contribution < -0.4 is 24.2 Å². The fourth-order valence-corrected chi connectivity index (χ4v) is 4.48. The highest BCUT2D eigenvalue weighted by Crippen LogP contribution is 2.40. The van der Waals surface area contributed by atoms with Crippen LogP contribution in [0.2, 0.25) is 0 Å². The molecular weight excluding hydrogens is 510 g/mol. The summed E-state index contributed by atoms with van der Waals surface area (Å²) < 4.78 is 11.5. The van der Waals surface area contributed by atoms with Crippen molar-refractivity contribution < 1.29 is 23.9 Å². The van der Waals surface area contributed by atoms with E-state index in [4.69, 9.17) is 9.47 Å². The molecule has 10 nitrogen and oxygen atoms in total. The summed E-state index contributed by atoms with van der Waals surface area (Å²) in [6, 6.07) is 16.5. The van der Waals surface area contributed by atoms with Gasteiger partial charge in [-0.2, -0.15) is 4.98 Å². The first-order valence-electron chi connectivity index (χ1n) is 12.6. The van der Waals surface area contributed by atoms with Crippen LogP contribution in [0.3, 0.4) is 0 Å². The number of urea groups is 1. The predicted octanol–water partition coefficient (Wildman–Crippen LogP) is 5.29. The number of aromatic nitrogens is 2. The minimum atomic E-state index is -0.962. The Bertz CT molecular complexity index is 1660. The molecule has 0 aliphatic carbocycles. The Kier molecular flexibility index (Phi) is 6.62. The zero-order valence-corrected chi connectivity index (χ0v) is 23.1. The van der Waals surface area contributed by atoms with Crippen LogP contribution in [0.5, 0.6) is 17.4 Å². The summed E-state index contributed by atoms with van der Waals surface area (Å²) in [5, 5.41) is 1.18. The van der Waals surface area contributed by atoms with Crippen LogP contribution in [-0.2, 0) is 15.0 Å². The van der Waals surface area contributed by atoms with E-state index >= 15 is 0 Å². The number of methoxy groups -OCH3 is 1. The number of amides is 4. The highest BCUT2D eigenvalue weighted by molar-refractivity contribution is 6.60. The molecule has 1 aliphatic heterocycles. The Morgan fingerprint density at radius 3 is 2.10 bits per heavy atom. The Labute approximate surface area is 231 Å². The van der Waals surface area contributed by atoms with Gasteiger partial charge in [0.2, 0.25) is 11.8 Å². The van der Waals surface area contributed by atoms with E-state index < -0.39 is 17.8 Å². The van der Waals surface area contributed by atoms with Gasteiger partial charge in [-0.15, -0.1) is 0 Å². The first-order chi connectivity index (χ1) is 19.0. The van der Waals surface area contributed by atoms with Gasteiger partial charge in [0, 0.05) is 37.1 Å². The number of hydrogen-bond donors (Lipinski definition) is 0. The molecule has 5 rings (SSSR count). The van der Waals surface area contributed by atoms with E-state index in [1.165, 1.54) is 7.11 Å². The summed E-state index contributed by atoms with van der Waals surface area (Å²) in [5.41, 5.74) is 1.09. The number of imide groups is 2. The van der Waals surface area contributed by atoms with Crippen molar-refractivity contribution in [2.75, 3.05) is 35.9 Å². The summed E-state index contributed by atoms with van der Waals surface area (Å²) in [7, 11) is 5.10. The van der Waals surface area contributed by atoms with E-state index in [1.807, 2.05) is 53.1 Å². The maximum Gasteiger partial charge on any atom is 0.343 e. The molecule has 0 atom stereocenters. The minimum Gasteiger partial charge on any atom is -0.495 e. The van der Waals surface area contributed by atoms with Gasteiger partial charge in [0.05, 0.1) is 18.5 Å². The van der Waals surface area contributed by atoms with E-state index in [-0.39, 0.29) is 16.8 Å². The van der Waals surface area contributed by atoms with Gasteiger partial charge < -0.3 is 14.4 Å². The molecule has 10 heteroatoms. The van der Waals surface area contributed by atoms with E-state index in [9.17, 15) is 14.4 Å². The molecule has 3 aromatic carbocycles. The minimum absolute atomic E-state index is 0.213. The van der Waals surface area contributed by atoms with Crippen LogP contribution in [0.15, 0.2) is 66.9 Å². The third-order valence-electron chi connectivity index (χ3n) is 6.59. The summed E-state index contributed by atoms with van der Waals surface area (Å²) in [6.45, 7) is 6.05. The molecule has 0 unspecified atom stereocenters. The molecule has 1 aromatic heterocycles. The van der Waals surface area contributed by atoms with Crippen LogP contribution in [-0.4, -0.2) is 49.0 Å². The lowest BCUT2D eigenvalue weighted by molar-refractivity contribution is -0.133. The summed E-state index contributed by atoms with van der Waals surface area (Å²) in [6.07, 6.45) is 1.60. The Balaban J connectivity index is 1.57. The van der Waals surface area contributed by atoms with Crippen molar-refractivity contribution in [1.82, 2.24) is 9.97 Å². The number of carbonyl (C=O) groups excluding carboxylic acids is 3. The number of anilines is 3. The average molecular weight is 540 g/mol. The van der Waals surface area contributed by atoms with Crippen LogP contribution in [0.25, 0.3) is 10.8 Å². The molecule has 40 heavy (non-hydrogen) atoms. The van der Waals surface area contributed by atoms with Gasteiger partial charge in [0.25, 0.3) is 0 Å². The van der Waals surface area contributed by atoms with Gasteiger partial charge in [-0.3, -0.25) is 9.59 Å². The molecule has 1 saturated heterocycles. The third-order valence-corrected chi connectivity index (χ3v) is 6.59. The highest BCUT2D eigenvalue weighted by atomic mass is 16.5. The zero-order valence-electron chi connectivity index (χ0n) is 23.1. The molecule has 1 aliphatic rings. The largest absolute Gasteiger partial charge is 0.495 e. The summed E-state index contributed by atoms with van der Waals surface area (Å²) in [4.78, 5) is 52.5. The summed E-state index contributed by atoms with van der Waals surface area (Å²) in [5.74, 6) is -0.340. The second kappa shape index (κ2) is 9.96. The third kappa shape index (κ3) is 4.57. The number of ether oxygens (including phenoxy) is 2. The Morgan fingerprint density at radius 1 is 0.800 bits per heavy atom. The van der Waals surface area contributed by atoms with E-state index in [0.29, 0.717) is 34.1 Å². The van der Waals surface area contributed by atoms with Crippen molar-refractivity contribution in [3.8, 4) is 17.4 Å². The number of rotatable bonds is 6. The maximum absolute atomic E-state index is 13.8. The van der Waals surface area contributed by atoms with Gasteiger partial charge in [-0.1, -0.05) is 51.1 Å². The molecule has 0 N–H and O–H groups in total. The highest BCUT2D eigenvalue weighted by Gasteiger charge is 2.48. The number of benzene rings is 3. The van der Waals surface area contributed by atoms with Gasteiger partial charge >= 0.3 is 17.8 Å². The zero-order chi connectivity index (χ0) is 28.8.